The molecule has 0 aliphatic carbocycles. The molecule has 4 heteroatoms. The summed E-state index contributed by atoms with van der Waals surface area (Å²) < 4.78 is 0. The summed E-state index contributed by atoms with van der Waals surface area (Å²) in [5, 5.41) is 10.0. The molecule has 0 amide bonds. The van der Waals surface area contributed by atoms with E-state index in [0.717, 1.165) is 12.8 Å². The Bertz CT molecular complexity index is 182. The molecule has 0 spiro atoms. The second-order valence-electron chi connectivity index (χ2n) is 2.26. The van der Waals surface area contributed by atoms with Crippen LogP contribution >= 0.6 is 0 Å². The Morgan fingerprint density at radius 2 is 2.18 bits per heavy atom. The van der Waals surface area contributed by atoms with Crippen LogP contribution in [0.1, 0.15) is 32.6 Å². The van der Waals surface area contributed by atoms with Crippen LogP contribution in [-0.4, -0.2) is 10.9 Å². The first-order chi connectivity index (χ1) is 5.22. The second kappa shape index (κ2) is 5.62. The maximum Gasteiger partial charge on any atom is 0.328 e. The van der Waals surface area contributed by atoms with E-state index in [1.54, 1.807) is 0 Å². The van der Waals surface area contributed by atoms with Gasteiger partial charge >= 0.3 is 5.70 Å². The Labute approximate surface area is 65.1 Å². The average molecular weight is 157 g/mol. The first kappa shape index (κ1) is 9.85. The van der Waals surface area contributed by atoms with Gasteiger partial charge in [-0.3, -0.25) is 10.1 Å². The van der Waals surface area contributed by atoms with Crippen LogP contribution in [0.4, 0.5) is 0 Å². The van der Waals surface area contributed by atoms with Crippen LogP contribution in [0.15, 0.2) is 5.70 Å². The molecule has 0 heterocycles. The standard InChI is InChI=1S/C7H11NO3/c1-2-3-4-5-7(6-9)8(10)11/h2-5H2,1H3. The molecular formula is C7H11NO3. The predicted molar refractivity (Wildman–Crippen MR) is 40.3 cm³/mol. The molecule has 0 saturated heterocycles. The van der Waals surface area contributed by atoms with Gasteiger partial charge in [-0.05, 0) is 6.42 Å². The van der Waals surface area contributed by atoms with Crippen LogP contribution < -0.4 is 0 Å². The van der Waals surface area contributed by atoms with Crippen molar-refractivity contribution < 1.29 is 9.72 Å². The van der Waals surface area contributed by atoms with Crippen LogP contribution in [0.25, 0.3) is 0 Å². The molecule has 0 fully saturated rings. The molecular weight excluding hydrogens is 146 g/mol. The lowest BCUT2D eigenvalue weighted by molar-refractivity contribution is -0.425. The third-order valence-electron chi connectivity index (χ3n) is 1.36. The molecule has 0 aromatic heterocycles. The van der Waals surface area contributed by atoms with Crippen molar-refractivity contribution in [2.45, 2.75) is 32.6 Å². The summed E-state index contributed by atoms with van der Waals surface area (Å²) in [6.07, 6.45) is 2.84. The average Bonchev–Trinajstić information content (AvgIpc) is 1.97. The molecule has 0 aliphatic rings. The maximum atomic E-state index is 10.0. The van der Waals surface area contributed by atoms with E-state index in [1.807, 2.05) is 6.92 Å². The number of hydrogen-bond donors (Lipinski definition) is 0. The Morgan fingerprint density at radius 3 is 2.55 bits per heavy atom. The van der Waals surface area contributed by atoms with Crippen molar-refractivity contribution in [2.24, 2.45) is 0 Å². The van der Waals surface area contributed by atoms with E-state index in [-0.39, 0.29) is 12.1 Å². The van der Waals surface area contributed by atoms with Crippen molar-refractivity contribution in [1.82, 2.24) is 0 Å². The Hall–Kier alpha value is -1.15. The van der Waals surface area contributed by atoms with Crippen LogP contribution in [0.2, 0.25) is 0 Å². The van der Waals surface area contributed by atoms with Crippen LogP contribution in [0, 0.1) is 10.1 Å². The van der Waals surface area contributed by atoms with Gasteiger partial charge in [0.25, 0.3) is 0 Å². The fourth-order valence-electron chi connectivity index (χ4n) is 0.722. The van der Waals surface area contributed by atoms with E-state index >= 15 is 0 Å². The summed E-state index contributed by atoms with van der Waals surface area (Å²) >= 11 is 0. The second-order valence-corrected chi connectivity index (χ2v) is 2.26. The van der Waals surface area contributed by atoms with Gasteiger partial charge in [0.1, 0.15) is 0 Å². The highest BCUT2D eigenvalue weighted by atomic mass is 16.6. The number of nitrogens with zero attached hydrogens (tertiary/aromatic N) is 1. The molecule has 62 valence electrons. The topological polar surface area (TPSA) is 60.2 Å². The first-order valence-corrected chi connectivity index (χ1v) is 3.60. The first-order valence-electron chi connectivity index (χ1n) is 3.60. The van der Waals surface area contributed by atoms with Gasteiger partial charge in [0, 0.05) is 0 Å². The largest absolute Gasteiger partial charge is 0.328 e. The van der Waals surface area contributed by atoms with Gasteiger partial charge in [0.15, 0.2) is 0 Å². The van der Waals surface area contributed by atoms with Crippen molar-refractivity contribution in [3.05, 3.63) is 15.8 Å². The summed E-state index contributed by atoms with van der Waals surface area (Å²) in [7, 11) is 0. The molecule has 0 aliphatic heterocycles. The van der Waals surface area contributed by atoms with Gasteiger partial charge in [-0.15, -0.1) is 0 Å². The molecule has 0 aromatic rings. The van der Waals surface area contributed by atoms with Gasteiger partial charge in [0.2, 0.25) is 5.94 Å². The fourth-order valence-corrected chi connectivity index (χ4v) is 0.722. The predicted octanol–water partition coefficient (Wildman–Crippen LogP) is 1.56. The molecule has 0 bridgehead atoms. The zero-order valence-electron chi connectivity index (χ0n) is 6.50. The molecule has 0 unspecified atom stereocenters. The lowest BCUT2D eigenvalue weighted by Crippen LogP contribution is -1.99. The summed E-state index contributed by atoms with van der Waals surface area (Å²) in [6.45, 7) is 2.00. The zero-order chi connectivity index (χ0) is 8.69. The minimum absolute atomic E-state index is 0.240. The molecule has 0 atom stereocenters. The summed E-state index contributed by atoms with van der Waals surface area (Å²) in [4.78, 5) is 19.3. The van der Waals surface area contributed by atoms with Gasteiger partial charge in [-0.1, -0.05) is 19.8 Å². The Morgan fingerprint density at radius 1 is 1.55 bits per heavy atom. The molecule has 0 saturated carbocycles. The maximum absolute atomic E-state index is 10.0. The summed E-state index contributed by atoms with van der Waals surface area (Å²) in [5.41, 5.74) is -0.335. The molecule has 0 aromatic carbocycles. The highest BCUT2D eigenvalue weighted by Gasteiger charge is 2.09. The van der Waals surface area contributed by atoms with Crippen molar-refractivity contribution in [3.8, 4) is 0 Å². The van der Waals surface area contributed by atoms with E-state index in [2.05, 4.69) is 0 Å². The van der Waals surface area contributed by atoms with Crippen LogP contribution in [0.5, 0.6) is 0 Å². The zero-order valence-corrected chi connectivity index (χ0v) is 6.50. The number of nitro groups is 1. The lowest BCUT2D eigenvalue weighted by Gasteiger charge is -1.92. The summed E-state index contributed by atoms with van der Waals surface area (Å²) in [6, 6.07) is 0. The van der Waals surface area contributed by atoms with Gasteiger partial charge in [0.05, 0.1) is 11.3 Å². The minimum atomic E-state index is -0.664. The van der Waals surface area contributed by atoms with E-state index in [0.29, 0.717) is 6.42 Å². The van der Waals surface area contributed by atoms with Crippen molar-refractivity contribution in [2.75, 3.05) is 0 Å². The monoisotopic (exact) mass is 157 g/mol. The molecule has 4 nitrogen and oxygen atoms in total. The number of allylic oxidation sites excluding steroid dienone is 1. The smallest absolute Gasteiger partial charge is 0.258 e. The van der Waals surface area contributed by atoms with Gasteiger partial charge < -0.3 is 0 Å². The number of unbranched alkanes of at least 4 members (excludes halogenated alkanes) is 2. The Balaban J connectivity index is 3.73. The number of carbonyl (C=O) groups excluding carboxylic acids is 1. The van der Waals surface area contributed by atoms with Crippen molar-refractivity contribution >= 4 is 5.94 Å². The van der Waals surface area contributed by atoms with Gasteiger partial charge in [-0.25, -0.2) is 4.79 Å². The van der Waals surface area contributed by atoms with Gasteiger partial charge in [-0.2, -0.15) is 0 Å². The third-order valence-corrected chi connectivity index (χ3v) is 1.36. The van der Waals surface area contributed by atoms with Crippen molar-refractivity contribution in [1.29, 1.82) is 0 Å². The van der Waals surface area contributed by atoms with Crippen LogP contribution in [0.3, 0.4) is 0 Å². The van der Waals surface area contributed by atoms with Crippen molar-refractivity contribution in [3.63, 3.8) is 0 Å². The molecule has 0 radical (unpaired) electrons. The minimum Gasteiger partial charge on any atom is -0.258 e. The molecule has 0 rings (SSSR count). The SMILES string of the molecule is CCCCCC(=C=O)[N+](=O)[O-]. The molecule has 11 heavy (non-hydrogen) atoms. The lowest BCUT2D eigenvalue weighted by atomic mass is 10.2. The van der Waals surface area contributed by atoms with E-state index in [9.17, 15) is 14.9 Å². The van der Waals surface area contributed by atoms with E-state index in [1.165, 1.54) is 5.94 Å². The normalized spacial score (nSPS) is 8.82. The quantitative estimate of drug-likeness (QED) is 0.263. The van der Waals surface area contributed by atoms with E-state index < -0.39 is 4.92 Å². The van der Waals surface area contributed by atoms with Crippen LogP contribution in [-0.2, 0) is 4.79 Å². The third kappa shape index (κ3) is 4.28. The fraction of sp³-hybridized carbons (Fsp3) is 0.714. The number of hydrogen-bond acceptors (Lipinski definition) is 3. The summed E-state index contributed by atoms with van der Waals surface area (Å²) in [5.74, 6) is 1.33. The van der Waals surface area contributed by atoms with E-state index in [4.69, 9.17) is 0 Å². The number of rotatable bonds is 5. The highest BCUT2D eigenvalue weighted by molar-refractivity contribution is 5.48. The molecule has 0 N–H and O–H groups in total. The highest BCUT2D eigenvalue weighted by Crippen LogP contribution is 2.05. The Kier molecular flexibility index (Phi) is 5.03.